The average molecular weight is 263 g/mol. The Morgan fingerprint density at radius 1 is 1.11 bits per heavy atom. The Morgan fingerprint density at radius 2 is 1.84 bits per heavy atom. The highest BCUT2D eigenvalue weighted by Crippen LogP contribution is 2.17. The highest BCUT2D eigenvalue weighted by atomic mass is 16.5. The maximum Gasteiger partial charge on any atom is 0.122 e. The van der Waals surface area contributed by atoms with Gasteiger partial charge in [-0.1, -0.05) is 50.8 Å². The standard InChI is InChI=1S/C17H29NO/c1-4-5-6-7-10-13-18-14-16(3)19-17-12-9-8-11-15(17)2/h8-9,11-12,16,18H,4-7,10,13-14H2,1-3H3. The van der Waals surface area contributed by atoms with Crippen LogP contribution in [0.15, 0.2) is 24.3 Å². The van der Waals surface area contributed by atoms with Crippen LogP contribution in [-0.4, -0.2) is 19.2 Å². The zero-order chi connectivity index (χ0) is 13.9. The predicted octanol–water partition coefficient (Wildman–Crippen LogP) is 4.32. The van der Waals surface area contributed by atoms with Crippen LogP contribution in [0.25, 0.3) is 0 Å². The monoisotopic (exact) mass is 263 g/mol. The zero-order valence-corrected chi connectivity index (χ0v) is 12.7. The van der Waals surface area contributed by atoms with Gasteiger partial charge in [-0.05, 0) is 38.4 Å². The molecule has 0 aliphatic carbocycles. The molecule has 1 atom stereocenters. The smallest absolute Gasteiger partial charge is 0.122 e. The van der Waals surface area contributed by atoms with Crippen LogP contribution in [0, 0.1) is 6.92 Å². The molecule has 0 aliphatic heterocycles. The first-order valence-corrected chi connectivity index (χ1v) is 7.67. The van der Waals surface area contributed by atoms with Gasteiger partial charge in [0.2, 0.25) is 0 Å². The Morgan fingerprint density at radius 3 is 2.58 bits per heavy atom. The van der Waals surface area contributed by atoms with Gasteiger partial charge in [0, 0.05) is 6.54 Å². The second-order valence-electron chi connectivity index (χ2n) is 5.31. The first kappa shape index (κ1) is 16.0. The van der Waals surface area contributed by atoms with E-state index in [1.165, 1.54) is 37.7 Å². The van der Waals surface area contributed by atoms with Crippen LogP contribution in [0.1, 0.15) is 51.5 Å². The first-order chi connectivity index (χ1) is 9.24. The predicted molar refractivity (Wildman–Crippen MR) is 82.9 cm³/mol. The molecule has 1 unspecified atom stereocenters. The molecule has 0 heterocycles. The molecule has 2 nitrogen and oxygen atoms in total. The minimum Gasteiger partial charge on any atom is -0.489 e. The Kier molecular flexibility index (Phi) is 8.31. The molecule has 108 valence electrons. The van der Waals surface area contributed by atoms with Gasteiger partial charge in [-0.2, -0.15) is 0 Å². The fraction of sp³-hybridized carbons (Fsp3) is 0.647. The molecule has 1 aromatic carbocycles. The van der Waals surface area contributed by atoms with Gasteiger partial charge in [0.05, 0.1) is 0 Å². The topological polar surface area (TPSA) is 21.3 Å². The van der Waals surface area contributed by atoms with E-state index in [1.54, 1.807) is 0 Å². The SMILES string of the molecule is CCCCCCCNCC(C)Oc1ccccc1C. The molecule has 0 aromatic heterocycles. The summed E-state index contributed by atoms with van der Waals surface area (Å²) in [5.41, 5.74) is 1.20. The third-order valence-corrected chi connectivity index (χ3v) is 3.31. The zero-order valence-electron chi connectivity index (χ0n) is 12.7. The molecular weight excluding hydrogens is 234 g/mol. The molecule has 0 aliphatic rings. The van der Waals surface area contributed by atoms with Crippen molar-refractivity contribution in [2.75, 3.05) is 13.1 Å². The van der Waals surface area contributed by atoms with E-state index in [0.29, 0.717) is 0 Å². The summed E-state index contributed by atoms with van der Waals surface area (Å²) in [4.78, 5) is 0. The van der Waals surface area contributed by atoms with Crippen molar-refractivity contribution < 1.29 is 4.74 Å². The lowest BCUT2D eigenvalue weighted by Gasteiger charge is -2.17. The molecular formula is C17H29NO. The number of para-hydroxylation sites is 1. The van der Waals surface area contributed by atoms with Crippen molar-refractivity contribution in [2.45, 2.75) is 59.0 Å². The van der Waals surface area contributed by atoms with Gasteiger partial charge in [0.25, 0.3) is 0 Å². The van der Waals surface area contributed by atoms with E-state index in [4.69, 9.17) is 4.74 Å². The van der Waals surface area contributed by atoms with Gasteiger partial charge in [0.1, 0.15) is 11.9 Å². The summed E-state index contributed by atoms with van der Waals surface area (Å²) >= 11 is 0. The number of hydrogen-bond acceptors (Lipinski definition) is 2. The van der Waals surface area contributed by atoms with Crippen molar-refractivity contribution in [3.8, 4) is 5.75 Å². The van der Waals surface area contributed by atoms with E-state index in [-0.39, 0.29) is 6.10 Å². The van der Waals surface area contributed by atoms with Crippen molar-refractivity contribution in [3.05, 3.63) is 29.8 Å². The van der Waals surface area contributed by atoms with E-state index >= 15 is 0 Å². The maximum atomic E-state index is 5.93. The lowest BCUT2D eigenvalue weighted by Crippen LogP contribution is -2.29. The molecule has 19 heavy (non-hydrogen) atoms. The van der Waals surface area contributed by atoms with Gasteiger partial charge >= 0.3 is 0 Å². The van der Waals surface area contributed by atoms with Crippen LogP contribution >= 0.6 is 0 Å². The summed E-state index contributed by atoms with van der Waals surface area (Å²) in [5, 5.41) is 3.48. The molecule has 1 rings (SSSR count). The summed E-state index contributed by atoms with van der Waals surface area (Å²) < 4.78 is 5.93. The third-order valence-electron chi connectivity index (χ3n) is 3.31. The van der Waals surface area contributed by atoms with Crippen LogP contribution < -0.4 is 10.1 Å². The quantitative estimate of drug-likeness (QED) is 0.635. The van der Waals surface area contributed by atoms with Crippen molar-refractivity contribution in [1.29, 1.82) is 0 Å². The minimum atomic E-state index is 0.219. The summed E-state index contributed by atoms with van der Waals surface area (Å²) in [6.45, 7) is 8.48. The maximum absolute atomic E-state index is 5.93. The van der Waals surface area contributed by atoms with E-state index < -0.39 is 0 Å². The molecule has 1 N–H and O–H groups in total. The molecule has 0 bridgehead atoms. The van der Waals surface area contributed by atoms with Gasteiger partial charge in [-0.15, -0.1) is 0 Å². The van der Waals surface area contributed by atoms with Gasteiger partial charge in [-0.25, -0.2) is 0 Å². The highest BCUT2D eigenvalue weighted by molar-refractivity contribution is 5.31. The second-order valence-corrected chi connectivity index (χ2v) is 5.31. The number of ether oxygens (including phenoxy) is 1. The van der Waals surface area contributed by atoms with E-state index in [2.05, 4.69) is 32.2 Å². The molecule has 0 radical (unpaired) electrons. The molecule has 0 fully saturated rings. The van der Waals surface area contributed by atoms with Crippen molar-refractivity contribution in [3.63, 3.8) is 0 Å². The normalized spacial score (nSPS) is 12.4. The molecule has 0 amide bonds. The first-order valence-electron chi connectivity index (χ1n) is 7.67. The van der Waals surface area contributed by atoms with Crippen LogP contribution in [-0.2, 0) is 0 Å². The Balaban J connectivity index is 2.08. The Bertz CT molecular complexity index is 338. The summed E-state index contributed by atoms with van der Waals surface area (Å²) in [7, 11) is 0. The van der Waals surface area contributed by atoms with E-state index in [9.17, 15) is 0 Å². The molecule has 0 saturated heterocycles. The van der Waals surface area contributed by atoms with Crippen LogP contribution in [0.4, 0.5) is 0 Å². The summed E-state index contributed by atoms with van der Waals surface area (Å²) in [5.74, 6) is 1.000. The lowest BCUT2D eigenvalue weighted by molar-refractivity contribution is 0.215. The van der Waals surface area contributed by atoms with Crippen molar-refractivity contribution in [2.24, 2.45) is 0 Å². The van der Waals surface area contributed by atoms with E-state index in [0.717, 1.165) is 18.8 Å². The minimum absolute atomic E-state index is 0.219. The number of hydrogen-bond donors (Lipinski definition) is 1. The fourth-order valence-electron chi connectivity index (χ4n) is 2.11. The van der Waals surface area contributed by atoms with Gasteiger partial charge in [-0.3, -0.25) is 0 Å². The fourth-order valence-corrected chi connectivity index (χ4v) is 2.11. The summed E-state index contributed by atoms with van der Waals surface area (Å²) in [6, 6.07) is 8.19. The lowest BCUT2D eigenvalue weighted by atomic mass is 10.1. The van der Waals surface area contributed by atoms with Crippen molar-refractivity contribution in [1.82, 2.24) is 5.32 Å². The van der Waals surface area contributed by atoms with Gasteiger partial charge < -0.3 is 10.1 Å². The largest absolute Gasteiger partial charge is 0.489 e. The number of nitrogens with one attached hydrogen (secondary N) is 1. The van der Waals surface area contributed by atoms with E-state index in [1.807, 2.05) is 18.2 Å². The summed E-state index contributed by atoms with van der Waals surface area (Å²) in [6.07, 6.45) is 6.89. The number of rotatable bonds is 10. The van der Waals surface area contributed by atoms with Crippen molar-refractivity contribution >= 4 is 0 Å². The van der Waals surface area contributed by atoms with Crippen LogP contribution in [0.3, 0.4) is 0 Å². The third kappa shape index (κ3) is 7.22. The molecule has 2 heteroatoms. The number of benzene rings is 1. The highest BCUT2D eigenvalue weighted by Gasteiger charge is 2.05. The number of aryl methyl sites for hydroxylation is 1. The number of unbranched alkanes of at least 4 members (excludes halogenated alkanes) is 4. The molecule has 0 spiro atoms. The van der Waals surface area contributed by atoms with Crippen LogP contribution in [0.2, 0.25) is 0 Å². The molecule has 0 saturated carbocycles. The van der Waals surface area contributed by atoms with Crippen LogP contribution in [0.5, 0.6) is 5.75 Å². The second kappa shape index (κ2) is 9.85. The Hall–Kier alpha value is -1.02. The molecule has 1 aromatic rings. The van der Waals surface area contributed by atoms with Gasteiger partial charge in [0.15, 0.2) is 0 Å². The Labute approximate surface area is 118 Å². The average Bonchev–Trinajstić information content (AvgIpc) is 2.40.